The molecule has 168 valence electrons. The van der Waals surface area contributed by atoms with Gasteiger partial charge >= 0.3 is 6.03 Å². The number of halogens is 1. The van der Waals surface area contributed by atoms with E-state index in [9.17, 15) is 9.90 Å². The molecule has 0 radical (unpaired) electrons. The first-order valence-electron chi connectivity index (χ1n) is 10.4. The Kier molecular flexibility index (Phi) is 5.99. The zero-order valence-electron chi connectivity index (χ0n) is 18.4. The van der Waals surface area contributed by atoms with Crippen molar-refractivity contribution in [1.82, 2.24) is 15.1 Å². The van der Waals surface area contributed by atoms with Crippen molar-refractivity contribution in [3.63, 3.8) is 0 Å². The van der Waals surface area contributed by atoms with E-state index in [0.717, 1.165) is 22.6 Å². The van der Waals surface area contributed by atoms with Gasteiger partial charge < -0.3 is 20.5 Å². The molecule has 0 saturated carbocycles. The molecule has 0 unspecified atom stereocenters. The predicted molar refractivity (Wildman–Crippen MR) is 124 cm³/mol. The van der Waals surface area contributed by atoms with Gasteiger partial charge in [-0.1, -0.05) is 50.6 Å². The number of hydrogen-bond donors (Lipinski definition) is 3. The molecule has 8 heteroatoms. The fourth-order valence-corrected chi connectivity index (χ4v) is 3.60. The number of nitrogens with zero attached hydrogens (tertiary/aromatic N) is 2. The Bertz CT molecular complexity index is 1120. The zero-order chi connectivity index (χ0) is 22.9. The van der Waals surface area contributed by atoms with Crippen molar-refractivity contribution in [2.45, 2.75) is 38.3 Å². The van der Waals surface area contributed by atoms with Crippen LogP contribution >= 0.6 is 11.6 Å². The topological polar surface area (TPSA) is 88.4 Å². The van der Waals surface area contributed by atoms with Gasteiger partial charge in [0.25, 0.3) is 0 Å². The molecule has 1 aliphatic rings. The fraction of sp³-hybridized carbons (Fsp3) is 0.333. The molecule has 1 saturated heterocycles. The molecule has 2 heterocycles. The summed E-state index contributed by atoms with van der Waals surface area (Å²) < 4.78 is 6.90. The summed E-state index contributed by atoms with van der Waals surface area (Å²) in [6.45, 7) is 7.15. The van der Waals surface area contributed by atoms with Gasteiger partial charge in [-0.05, 0) is 42.0 Å². The zero-order valence-corrected chi connectivity index (χ0v) is 19.1. The molecule has 2 aromatic carbocycles. The second kappa shape index (κ2) is 8.58. The minimum atomic E-state index is -0.926. The largest absolute Gasteiger partial charge is 0.380 e. The Balaban J connectivity index is 1.45. The normalized spacial score (nSPS) is 15.2. The standard InChI is InChI=1S/C24H27ClN4O3/c1-23(2,3)21-12-20(29(28-21)19-6-4-5-17(25)11-19)13-26-22(30)27-18-9-7-16(8-10-18)24(31)14-32-15-24/h4-12,31H,13-15H2,1-3H3,(H2,26,27,30). The Hall–Kier alpha value is -2.87. The van der Waals surface area contributed by atoms with Crippen LogP contribution in [0.4, 0.5) is 10.5 Å². The van der Waals surface area contributed by atoms with Crippen LogP contribution in [0, 0.1) is 0 Å². The van der Waals surface area contributed by atoms with Crippen LogP contribution in [0.3, 0.4) is 0 Å². The van der Waals surface area contributed by atoms with Crippen LogP contribution < -0.4 is 10.6 Å². The van der Waals surface area contributed by atoms with Gasteiger partial charge in [-0.25, -0.2) is 9.48 Å². The maximum absolute atomic E-state index is 12.5. The second-order valence-corrected chi connectivity index (χ2v) is 9.51. The first kappa shape index (κ1) is 22.3. The number of carbonyl (C=O) groups excluding carboxylic acids is 1. The number of amides is 2. The summed E-state index contributed by atoms with van der Waals surface area (Å²) in [5, 5.41) is 21.4. The van der Waals surface area contributed by atoms with E-state index in [0.29, 0.717) is 10.7 Å². The van der Waals surface area contributed by atoms with Gasteiger partial charge in [-0.15, -0.1) is 0 Å². The average molecular weight is 455 g/mol. The highest BCUT2D eigenvalue weighted by atomic mass is 35.5. The summed E-state index contributed by atoms with van der Waals surface area (Å²) in [4.78, 5) is 12.5. The Morgan fingerprint density at radius 3 is 2.50 bits per heavy atom. The first-order chi connectivity index (χ1) is 15.1. The van der Waals surface area contributed by atoms with E-state index in [1.54, 1.807) is 24.3 Å². The number of aromatic nitrogens is 2. The van der Waals surface area contributed by atoms with Crippen LogP contribution in [0.15, 0.2) is 54.6 Å². The number of aliphatic hydroxyl groups is 1. The number of anilines is 1. The van der Waals surface area contributed by atoms with Crippen molar-refractivity contribution >= 4 is 23.3 Å². The Morgan fingerprint density at radius 2 is 1.91 bits per heavy atom. The number of urea groups is 1. The molecule has 0 spiro atoms. The van der Waals surface area contributed by atoms with Crippen LogP contribution in [0.2, 0.25) is 5.02 Å². The van der Waals surface area contributed by atoms with Gasteiger partial charge in [0.2, 0.25) is 0 Å². The van der Waals surface area contributed by atoms with Crippen LogP contribution in [0.25, 0.3) is 5.69 Å². The summed E-state index contributed by atoms with van der Waals surface area (Å²) in [5.41, 5.74) is 2.93. The highest BCUT2D eigenvalue weighted by Crippen LogP contribution is 2.30. The van der Waals surface area contributed by atoms with Crippen molar-refractivity contribution in [1.29, 1.82) is 0 Å². The van der Waals surface area contributed by atoms with E-state index in [2.05, 4.69) is 31.4 Å². The van der Waals surface area contributed by atoms with E-state index < -0.39 is 5.60 Å². The van der Waals surface area contributed by atoms with Crippen LogP contribution in [0.5, 0.6) is 0 Å². The molecule has 7 nitrogen and oxygen atoms in total. The Labute approximate surface area is 192 Å². The summed E-state index contributed by atoms with van der Waals surface area (Å²) in [6, 6.07) is 16.2. The predicted octanol–water partition coefficient (Wildman–Crippen LogP) is 4.36. The molecule has 0 atom stereocenters. The van der Waals surface area contributed by atoms with Crippen LogP contribution in [-0.4, -0.2) is 34.1 Å². The molecule has 1 aromatic heterocycles. The highest BCUT2D eigenvalue weighted by Gasteiger charge is 2.37. The van der Waals surface area contributed by atoms with E-state index in [4.69, 9.17) is 21.4 Å². The van der Waals surface area contributed by atoms with Gasteiger partial charge in [0.1, 0.15) is 5.60 Å². The molecule has 32 heavy (non-hydrogen) atoms. The molecule has 3 N–H and O–H groups in total. The maximum Gasteiger partial charge on any atom is 0.319 e. The quantitative estimate of drug-likeness (QED) is 0.534. The number of ether oxygens (including phenoxy) is 1. The van der Waals surface area contributed by atoms with Gasteiger partial charge in [0, 0.05) is 16.1 Å². The number of benzene rings is 2. The van der Waals surface area contributed by atoms with Crippen molar-refractivity contribution in [2.75, 3.05) is 18.5 Å². The lowest BCUT2D eigenvalue weighted by Crippen LogP contribution is -2.46. The third-order valence-electron chi connectivity index (χ3n) is 5.40. The highest BCUT2D eigenvalue weighted by molar-refractivity contribution is 6.30. The van der Waals surface area contributed by atoms with Gasteiger partial charge in [0.05, 0.1) is 36.8 Å². The molecule has 0 bridgehead atoms. The Morgan fingerprint density at radius 1 is 1.19 bits per heavy atom. The molecule has 1 fully saturated rings. The maximum atomic E-state index is 12.5. The average Bonchev–Trinajstić information content (AvgIpc) is 3.16. The van der Waals surface area contributed by atoms with Gasteiger partial charge in [0.15, 0.2) is 0 Å². The smallest absolute Gasteiger partial charge is 0.319 e. The molecule has 1 aliphatic heterocycles. The van der Waals surface area contributed by atoms with E-state index in [1.165, 1.54) is 0 Å². The molecule has 4 rings (SSSR count). The summed E-state index contributed by atoms with van der Waals surface area (Å²) in [7, 11) is 0. The molecule has 0 aliphatic carbocycles. The fourth-order valence-electron chi connectivity index (χ4n) is 3.42. The third-order valence-corrected chi connectivity index (χ3v) is 5.63. The lowest BCUT2D eigenvalue weighted by atomic mass is 9.92. The lowest BCUT2D eigenvalue weighted by molar-refractivity contribution is -0.184. The van der Waals surface area contributed by atoms with Crippen LogP contribution in [-0.2, 0) is 22.3 Å². The minimum Gasteiger partial charge on any atom is -0.380 e. The SMILES string of the molecule is CC(C)(C)c1cc(CNC(=O)Nc2ccc(C3(O)COC3)cc2)n(-c2cccc(Cl)c2)n1. The van der Waals surface area contributed by atoms with Crippen LogP contribution in [0.1, 0.15) is 37.7 Å². The molecule has 3 aromatic rings. The molecule has 2 amide bonds. The number of rotatable bonds is 5. The monoisotopic (exact) mass is 454 g/mol. The summed E-state index contributed by atoms with van der Waals surface area (Å²) in [6.07, 6.45) is 0. The van der Waals surface area contributed by atoms with E-state index in [-0.39, 0.29) is 31.2 Å². The minimum absolute atomic E-state index is 0.141. The number of hydrogen-bond acceptors (Lipinski definition) is 4. The van der Waals surface area contributed by atoms with Crippen molar-refractivity contribution in [3.8, 4) is 5.69 Å². The van der Waals surface area contributed by atoms with Gasteiger partial charge in [-0.2, -0.15) is 5.10 Å². The van der Waals surface area contributed by atoms with Gasteiger partial charge in [-0.3, -0.25) is 0 Å². The first-order valence-corrected chi connectivity index (χ1v) is 10.8. The van der Waals surface area contributed by atoms with E-state index >= 15 is 0 Å². The van der Waals surface area contributed by atoms with Crippen molar-refractivity contribution in [3.05, 3.63) is 76.6 Å². The number of carbonyl (C=O) groups is 1. The summed E-state index contributed by atoms with van der Waals surface area (Å²) >= 11 is 6.17. The lowest BCUT2D eigenvalue weighted by Gasteiger charge is -2.36. The number of nitrogens with one attached hydrogen (secondary N) is 2. The molecular formula is C24H27ClN4O3. The van der Waals surface area contributed by atoms with E-state index in [1.807, 2.05) is 35.0 Å². The molecular weight excluding hydrogens is 428 g/mol. The third kappa shape index (κ3) is 4.80. The van der Waals surface area contributed by atoms with Crippen molar-refractivity contribution < 1.29 is 14.6 Å². The second-order valence-electron chi connectivity index (χ2n) is 9.07. The summed E-state index contributed by atoms with van der Waals surface area (Å²) in [5.74, 6) is 0. The van der Waals surface area contributed by atoms with Crippen molar-refractivity contribution in [2.24, 2.45) is 0 Å².